The van der Waals surface area contributed by atoms with Crippen LogP contribution in [-0.4, -0.2) is 31.4 Å². The lowest BCUT2D eigenvalue weighted by atomic mass is 10.1. The molecule has 7 nitrogen and oxygen atoms in total. The minimum atomic E-state index is -0.338. The van der Waals surface area contributed by atoms with Gasteiger partial charge >= 0.3 is 6.03 Å². The molecule has 0 saturated carbocycles. The molecule has 0 aliphatic rings. The van der Waals surface area contributed by atoms with Crippen molar-refractivity contribution in [1.82, 2.24) is 10.6 Å². The number of amides is 4. The summed E-state index contributed by atoms with van der Waals surface area (Å²) in [6, 6.07) is 15.9. The first-order valence-electron chi connectivity index (χ1n) is 8.26. The van der Waals surface area contributed by atoms with Crippen molar-refractivity contribution < 1.29 is 14.4 Å². The summed E-state index contributed by atoms with van der Waals surface area (Å²) in [5.74, 6) is -0.345. The molecule has 0 aliphatic carbocycles. The van der Waals surface area contributed by atoms with Crippen LogP contribution < -0.4 is 21.3 Å². The summed E-state index contributed by atoms with van der Waals surface area (Å²) < 4.78 is 0. The van der Waals surface area contributed by atoms with Gasteiger partial charge in [-0.05, 0) is 23.8 Å². The maximum absolute atomic E-state index is 12.0. The molecule has 0 radical (unpaired) electrons. The van der Waals surface area contributed by atoms with E-state index in [0.717, 1.165) is 5.56 Å². The van der Waals surface area contributed by atoms with Crippen molar-refractivity contribution in [2.24, 2.45) is 0 Å². The van der Waals surface area contributed by atoms with Gasteiger partial charge in [-0.25, -0.2) is 4.79 Å². The van der Waals surface area contributed by atoms with Gasteiger partial charge in [-0.1, -0.05) is 36.4 Å². The lowest BCUT2D eigenvalue weighted by Crippen LogP contribution is -2.28. The van der Waals surface area contributed by atoms with Crippen molar-refractivity contribution >= 4 is 29.2 Å². The zero-order valence-electron chi connectivity index (χ0n) is 14.5. The smallest absolute Gasteiger partial charge is 0.318 e. The van der Waals surface area contributed by atoms with Gasteiger partial charge in [0.15, 0.2) is 0 Å². The molecule has 0 spiro atoms. The fourth-order valence-electron chi connectivity index (χ4n) is 2.25. The van der Waals surface area contributed by atoms with Gasteiger partial charge in [0.25, 0.3) is 0 Å². The first-order valence-corrected chi connectivity index (χ1v) is 8.26. The van der Waals surface area contributed by atoms with Crippen molar-refractivity contribution in [1.29, 1.82) is 0 Å². The van der Waals surface area contributed by atoms with Crippen molar-refractivity contribution in [2.75, 3.05) is 24.2 Å². The number of carbonyl (C=O) groups excluding carboxylic acids is 3. The van der Waals surface area contributed by atoms with E-state index in [-0.39, 0.29) is 37.2 Å². The van der Waals surface area contributed by atoms with E-state index in [9.17, 15) is 14.4 Å². The zero-order chi connectivity index (χ0) is 18.8. The monoisotopic (exact) mass is 354 g/mol. The van der Waals surface area contributed by atoms with E-state index < -0.39 is 0 Å². The molecule has 136 valence electrons. The minimum absolute atomic E-state index is 0.124. The van der Waals surface area contributed by atoms with E-state index in [0.29, 0.717) is 11.4 Å². The topological polar surface area (TPSA) is 99.3 Å². The molecule has 2 rings (SSSR count). The molecule has 0 aliphatic heterocycles. The number of hydrogen-bond donors (Lipinski definition) is 4. The van der Waals surface area contributed by atoms with E-state index in [1.54, 1.807) is 24.3 Å². The number of anilines is 2. The third kappa shape index (κ3) is 6.64. The van der Waals surface area contributed by atoms with Crippen LogP contribution in [0.5, 0.6) is 0 Å². The summed E-state index contributed by atoms with van der Waals surface area (Å²) in [6.07, 6.45) is 0.448. The molecule has 4 N–H and O–H groups in total. The molecule has 0 aromatic heterocycles. The van der Waals surface area contributed by atoms with Crippen LogP contribution in [0.1, 0.15) is 12.0 Å². The van der Waals surface area contributed by atoms with Gasteiger partial charge in [-0.3, -0.25) is 9.59 Å². The predicted molar refractivity (Wildman–Crippen MR) is 101 cm³/mol. The Hall–Kier alpha value is -3.35. The maximum atomic E-state index is 12.0. The highest BCUT2D eigenvalue weighted by molar-refractivity contribution is 5.93. The fourth-order valence-corrected chi connectivity index (χ4v) is 2.25. The Kier molecular flexibility index (Phi) is 7.17. The largest absolute Gasteiger partial charge is 0.355 e. The number of hydrogen-bond acceptors (Lipinski definition) is 3. The van der Waals surface area contributed by atoms with Crippen LogP contribution in [0.3, 0.4) is 0 Å². The van der Waals surface area contributed by atoms with Crippen molar-refractivity contribution in [2.45, 2.75) is 12.8 Å². The minimum Gasteiger partial charge on any atom is -0.355 e. The molecule has 2 aromatic carbocycles. The first kappa shape index (κ1) is 19.0. The third-order valence-electron chi connectivity index (χ3n) is 3.51. The Bertz CT molecular complexity index is 762. The summed E-state index contributed by atoms with van der Waals surface area (Å²) >= 11 is 0. The van der Waals surface area contributed by atoms with Gasteiger partial charge in [0, 0.05) is 31.4 Å². The average molecular weight is 354 g/mol. The third-order valence-corrected chi connectivity index (χ3v) is 3.51. The average Bonchev–Trinajstić information content (AvgIpc) is 2.62. The molecule has 26 heavy (non-hydrogen) atoms. The number of nitrogens with one attached hydrogen (secondary N) is 4. The molecule has 2 aromatic rings. The highest BCUT2D eigenvalue weighted by atomic mass is 16.2. The first-order chi connectivity index (χ1) is 12.6. The van der Waals surface area contributed by atoms with Gasteiger partial charge in [0.05, 0.1) is 6.42 Å². The second-order valence-electron chi connectivity index (χ2n) is 5.60. The molecule has 0 bridgehead atoms. The van der Waals surface area contributed by atoms with E-state index in [4.69, 9.17) is 0 Å². The number of rotatable bonds is 7. The normalized spacial score (nSPS) is 9.88. The highest BCUT2D eigenvalue weighted by Gasteiger charge is 2.06. The molecular formula is C19H22N4O3. The lowest BCUT2D eigenvalue weighted by molar-refractivity contribution is -0.120. The summed E-state index contributed by atoms with van der Waals surface area (Å²) in [5.41, 5.74) is 2.06. The van der Waals surface area contributed by atoms with Gasteiger partial charge < -0.3 is 21.3 Å². The maximum Gasteiger partial charge on any atom is 0.318 e. The van der Waals surface area contributed by atoms with Gasteiger partial charge in [-0.2, -0.15) is 0 Å². The van der Waals surface area contributed by atoms with Crippen LogP contribution in [0.25, 0.3) is 0 Å². The second kappa shape index (κ2) is 9.83. The Morgan fingerprint density at radius 1 is 0.846 bits per heavy atom. The number of urea groups is 1. The molecule has 0 saturated heterocycles. The van der Waals surface area contributed by atoms with Crippen molar-refractivity contribution in [3.05, 3.63) is 60.2 Å². The zero-order valence-corrected chi connectivity index (χ0v) is 14.5. The lowest BCUT2D eigenvalue weighted by Gasteiger charge is -2.09. The van der Waals surface area contributed by atoms with Crippen LogP contribution in [0.2, 0.25) is 0 Å². The summed E-state index contributed by atoms with van der Waals surface area (Å²) in [5, 5.41) is 10.5. The number of benzene rings is 2. The molecular weight excluding hydrogens is 332 g/mol. The Balaban J connectivity index is 1.74. The van der Waals surface area contributed by atoms with Crippen LogP contribution in [-0.2, 0) is 16.0 Å². The Morgan fingerprint density at radius 3 is 2.23 bits per heavy atom. The molecule has 0 unspecified atom stereocenters. The standard InChI is InChI=1S/C19H22N4O3/c1-20-19(26)23-16-9-5-8-15(13-16)22-17(24)10-11-21-18(25)12-14-6-3-2-4-7-14/h2-9,13H,10-12H2,1H3,(H,21,25)(H,22,24)(H2,20,23,26). The van der Waals surface area contributed by atoms with Gasteiger partial charge in [0.2, 0.25) is 11.8 Å². The van der Waals surface area contributed by atoms with Crippen molar-refractivity contribution in [3.8, 4) is 0 Å². The second-order valence-corrected chi connectivity index (χ2v) is 5.60. The quantitative estimate of drug-likeness (QED) is 0.613. The van der Waals surface area contributed by atoms with Crippen LogP contribution >= 0.6 is 0 Å². The molecule has 0 atom stereocenters. The van der Waals surface area contributed by atoms with Gasteiger partial charge in [-0.15, -0.1) is 0 Å². The molecule has 0 fully saturated rings. The fraction of sp³-hybridized carbons (Fsp3) is 0.211. The van der Waals surface area contributed by atoms with E-state index in [1.165, 1.54) is 7.05 Å². The van der Waals surface area contributed by atoms with E-state index in [1.807, 2.05) is 30.3 Å². The van der Waals surface area contributed by atoms with Gasteiger partial charge in [0.1, 0.15) is 0 Å². The number of carbonyl (C=O) groups is 3. The van der Waals surface area contributed by atoms with E-state index in [2.05, 4.69) is 21.3 Å². The van der Waals surface area contributed by atoms with Crippen LogP contribution in [0, 0.1) is 0 Å². The summed E-state index contributed by atoms with van der Waals surface area (Å²) in [6.45, 7) is 0.258. The molecule has 7 heteroatoms. The van der Waals surface area contributed by atoms with Crippen LogP contribution in [0.15, 0.2) is 54.6 Å². The highest BCUT2D eigenvalue weighted by Crippen LogP contribution is 2.15. The molecule has 0 heterocycles. The summed E-state index contributed by atoms with van der Waals surface area (Å²) in [4.78, 5) is 35.1. The molecule has 4 amide bonds. The predicted octanol–water partition coefficient (Wildman–Crippen LogP) is 2.13. The SMILES string of the molecule is CNC(=O)Nc1cccc(NC(=O)CCNC(=O)Cc2ccccc2)c1. The Morgan fingerprint density at radius 2 is 1.54 bits per heavy atom. The summed E-state index contributed by atoms with van der Waals surface area (Å²) in [7, 11) is 1.52. The Labute approximate surface area is 152 Å². The van der Waals surface area contributed by atoms with Crippen LogP contribution in [0.4, 0.5) is 16.2 Å². The van der Waals surface area contributed by atoms with E-state index >= 15 is 0 Å². The van der Waals surface area contributed by atoms with Crippen molar-refractivity contribution in [3.63, 3.8) is 0 Å².